The van der Waals surface area contributed by atoms with E-state index in [1.54, 1.807) is 18.5 Å². The van der Waals surface area contributed by atoms with E-state index in [1.807, 2.05) is 0 Å². The second kappa shape index (κ2) is 5.37. The van der Waals surface area contributed by atoms with E-state index in [4.69, 9.17) is 21.1 Å². The first kappa shape index (κ1) is 13.3. The molecule has 0 radical (unpaired) electrons. The molecule has 3 atom stereocenters. The van der Waals surface area contributed by atoms with Crippen molar-refractivity contribution in [3.63, 3.8) is 0 Å². The van der Waals surface area contributed by atoms with Crippen molar-refractivity contribution in [3.8, 4) is 0 Å². The maximum atomic E-state index is 10.6. The van der Waals surface area contributed by atoms with Crippen LogP contribution in [-0.2, 0) is 9.47 Å². The normalized spacial score (nSPS) is 32.6. The van der Waals surface area contributed by atoms with Crippen molar-refractivity contribution in [2.45, 2.75) is 31.0 Å². The van der Waals surface area contributed by atoms with E-state index in [2.05, 4.69) is 4.98 Å². The van der Waals surface area contributed by atoms with Gasteiger partial charge in [-0.25, -0.2) is 0 Å². The molecule has 2 saturated heterocycles. The summed E-state index contributed by atoms with van der Waals surface area (Å²) >= 11 is 6.11. The van der Waals surface area contributed by atoms with Gasteiger partial charge >= 0.3 is 0 Å². The van der Waals surface area contributed by atoms with Gasteiger partial charge in [-0.1, -0.05) is 11.6 Å². The summed E-state index contributed by atoms with van der Waals surface area (Å²) in [5.41, 5.74) is 0.571. The molecule has 1 aromatic heterocycles. The Hall–Kier alpha value is -0.680. The molecule has 2 aliphatic rings. The first-order valence-corrected chi connectivity index (χ1v) is 7.07. The molecule has 0 amide bonds. The summed E-state index contributed by atoms with van der Waals surface area (Å²) < 4.78 is 11.3. The number of nitrogens with zero attached hydrogens (tertiary/aromatic N) is 1. The number of rotatable bonds is 2. The summed E-state index contributed by atoms with van der Waals surface area (Å²) in [5.74, 6) is 0.162. The van der Waals surface area contributed by atoms with E-state index in [9.17, 15) is 5.11 Å². The van der Waals surface area contributed by atoms with Crippen LogP contribution in [0.1, 0.15) is 30.9 Å². The lowest BCUT2D eigenvalue weighted by Crippen LogP contribution is -2.41. The Morgan fingerprint density at radius 1 is 1.47 bits per heavy atom. The molecule has 1 N–H and O–H groups in total. The minimum absolute atomic E-state index is 0.162. The fourth-order valence-electron chi connectivity index (χ4n) is 3.08. The van der Waals surface area contributed by atoms with Crippen LogP contribution in [0.2, 0.25) is 5.02 Å². The van der Waals surface area contributed by atoms with Gasteiger partial charge in [0.2, 0.25) is 0 Å². The smallest absolute Gasteiger partial charge is 0.0940 e. The molecule has 19 heavy (non-hydrogen) atoms. The highest BCUT2D eigenvalue weighted by molar-refractivity contribution is 6.31. The fraction of sp³-hybridized carbons (Fsp3) is 0.643. The number of ether oxygens (including phenoxy) is 2. The molecule has 3 unspecified atom stereocenters. The van der Waals surface area contributed by atoms with Crippen LogP contribution in [0.4, 0.5) is 0 Å². The largest absolute Gasteiger partial charge is 0.388 e. The van der Waals surface area contributed by atoms with E-state index < -0.39 is 6.10 Å². The summed E-state index contributed by atoms with van der Waals surface area (Å²) in [4.78, 5) is 3.96. The van der Waals surface area contributed by atoms with Gasteiger partial charge in [0, 0.05) is 37.6 Å². The second-order valence-electron chi connectivity index (χ2n) is 5.43. The van der Waals surface area contributed by atoms with Crippen molar-refractivity contribution in [3.05, 3.63) is 29.0 Å². The standard InChI is InChI=1S/C14H18ClNO3/c15-12-8-16-4-1-11(12)13(17)10-2-5-19-14(7-10)3-6-18-9-14/h1,4,8,10,13,17H,2-3,5-7,9H2. The third-order valence-corrected chi connectivity index (χ3v) is 4.48. The van der Waals surface area contributed by atoms with Crippen molar-refractivity contribution < 1.29 is 14.6 Å². The van der Waals surface area contributed by atoms with Gasteiger partial charge in [-0.3, -0.25) is 4.98 Å². The maximum Gasteiger partial charge on any atom is 0.0940 e. The van der Waals surface area contributed by atoms with E-state index >= 15 is 0 Å². The monoisotopic (exact) mass is 283 g/mol. The Morgan fingerprint density at radius 3 is 3.11 bits per heavy atom. The van der Waals surface area contributed by atoms with Gasteiger partial charge in [-0.2, -0.15) is 0 Å². The highest BCUT2D eigenvalue weighted by Gasteiger charge is 2.43. The second-order valence-corrected chi connectivity index (χ2v) is 5.84. The van der Waals surface area contributed by atoms with Crippen molar-refractivity contribution in [1.82, 2.24) is 4.98 Å². The summed E-state index contributed by atoms with van der Waals surface area (Å²) in [5, 5.41) is 11.1. The molecule has 0 saturated carbocycles. The topological polar surface area (TPSA) is 51.6 Å². The first-order chi connectivity index (χ1) is 9.20. The first-order valence-electron chi connectivity index (χ1n) is 6.69. The molecule has 0 bridgehead atoms. The van der Waals surface area contributed by atoms with Crippen LogP contribution in [0.5, 0.6) is 0 Å². The van der Waals surface area contributed by atoms with Crippen LogP contribution >= 0.6 is 11.6 Å². The van der Waals surface area contributed by atoms with Crippen LogP contribution in [0.3, 0.4) is 0 Å². The minimum Gasteiger partial charge on any atom is -0.388 e. The van der Waals surface area contributed by atoms with E-state index in [1.165, 1.54) is 0 Å². The molecule has 4 nitrogen and oxygen atoms in total. The SMILES string of the molecule is OC(c1ccncc1Cl)C1CCOC2(CCOC2)C1. The predicted octanol–water partition coefficient (Wildman–Crippen LogP) is 2.35. The average molecular weight is 284 g/mol. The molecule has 2 aliphatic heterocycles. The maximum absolute atomic E-state index is 10.6. The molecule has 1 aromatic rings. The Balaban J connectivity index is 1.76. The van der Waals surface area contributed by atoms with E-state index in [0.29, 0.717) is 18.2 Å². The molecular weight excluding hydrogens is 266 g/mol. The van der Waals surface area contributed by atoms with Crippen LogP contribution in [0, 0.1) is 5.92 Å². The number of halogens is 1. The van der Waals surface area contributed by atoms with E-state index in [-0.39, 0.29) is 11.5 Å². The van der Waals surface area contributed by atoms with Gasteiger partial charge in [0.1, 0.15) is 0 Å². The zero-order valence-electron chi connectivity index (χ0n) is 10.7. The third-order valence-electron chi connectivity index (χ3n) is 4.17. The molecule has 3 heterocycles. The molecule has 3 rings (SSSR count). The molecule has 0 aliphatic carbocycles. The van der Waals surface area contributed by atoms with Gasteiger partial charge in [0.15, 0.2) is 0 Å². The van der Waals surface area contributed by atoms with Gasteiger partial charge in [0.05, 0.1) is 23.3 Å². The zero-order valence-corrected chi connectivity index (χ0v) is 11.5. The number of aliphatic hydroxyl groups is 1. The molecule has 0 aromatic carbocycles. The van der Waals surface area contributed by atoms with Crippen LogP contribution < -0.4 is 0 Å². The van der Waals surface area contributed by atoms with Gasteiger partial charge in [0.25, 0.3) is 0 Å². The lowest BCUT2D eigenvalue weighted by atomic mass is 9.80. The number of aliphatic hydroxyl groups excluding tert-OH is 1. The predicted molar refractivity (Wildman–Crippen MR) is 71.0 cm³/mol. The highest BCUT2D eigenvalue weighted by Crippen LogP contribution is 2.41. The van der Waals surface area contributed by atoms with Gasteiger partial charge < -0.3 is 14.6 Å². The molecule has 5 heteroatoms. The Morgan fingerprint density at radius 2 is 2.37 bits per heavy atom. The van der Waals surface area contributed by atoms with Gasteiger partial charge in [-0.05, 0) is 24.8 Å². The number of hydrogen-bond acceptors (Lipinski definition) is 4. The quantitative estimate of drug-likeness (QED) is 0.905. The van der Waals surface area contributed by atoms with Crippen LogP contribution in [0.25, 0.3) is 0 Å². The molecule has 1 spiro atoms. The minimum atomic E-state index is -0.558. The van der Waals surface area contributed by atoms with Crippen molar-refractivity contribution in [2.75, 3.05) is 19.8 Å². The zero-order chi connectivity index (χ0) is 13.3. The summed E-state index contributed by atoms with van der Waals surface area (Å²) in [6, 6.07) is 1.79. The Kier molecular flexibility index (Phi) is 3.76. The van der Waals surface area contributed by atoms with Crippen molar-refractivity contribution in [1.29, 1.82) is 0 Å². The van der Waals surface area contributed by atoms with Crippen molar-refractivity contribution >= 4 is 11.6 Å². The van der Waals surface area contributed by atoms with Crippen LogP contribution in [0.15, 0.2) is 18.5 Å². The van der Waals surface area contributed by atoms with Gasteiger partial charge in [-0.15, -0.1) is 0 Å². The number of aromatic nitrogens is 1. The molecule has 104 valence electrons. The van der Waals surface area contributed by atoms with Crippen LogP contribution in [-0.4, -0.2) is 35.5 Å². The number of hydrogen-bond donors (Lipinski definition) is 1. The summed E-state index contributed by atoms with van der Waals surface area (Å²) in [7, 11) is 0. The Labute approximate surface area is 117 Å². The van der Waals surface area contributed by atoms with E-state index in [0.717, 1.165) is 31.4 Å². The van der Waals surface area contributed by atoms with Crippen molar-refractivity contribution in [2.24, 2.45) is 5.92 Å². The third kappa shape index (κ3) is 2.63. The lowest BCUT2D eigenvalue weighted by molar-refractivity contribution is -0.117. The number of pyridine rings is 1. The lowest BCUT2D eigenvalue weighted by Gasteiger charge is -2.39. The molecule has 2 fully saturated rings. The summed E-state index contributed by atoms with van der Waals surface area (Å²) in [6.07, 6.45) is 5.28. The molecular formula is C14H18ClNO3. The summed E-state index contributed by atoms with van der Waals surface area (Å²) in [6.45, 7) is 2.06. The Bertz CT molecular complexity index is 448. The average Bonchev–Trinajstić information content (AvgIpc) is 2.86. The fourth-order valence-corrected chi connectivity index (χ4v) is 3.31. The highest BCUT2D eigenvalue weighted by atomic mass is 35.5.